The van der Waals surface area contributed by atoms with Crippen molar-refractivity contribution >= 4 is 29.8 Å². The molecule has 1 aromatic rings. The molecule has 4 N–H and O–H groups in total. The van der Waals surface area contributed by atoms with E-state index >= 15 is 0 Å². The summed E-state index contributed by atoms with van der Waals surface area (Å²) in [4.78, 5) is 51.1. The fourth-order valence-electron chi connectivity index (χ4n) is 1.55. The standard InChI is InChI=1S/C8H6O4.C6H8O7.2Na/c9-7(10)5-3-1-2-4-6(5)8(11)12;7-3(8)1-6(13,5(11)12)2-4(9)10;;/h1-4H,(H,9,10)(H,11,12);13H,1-2H2,(H,7,8)(H,9,10)(H,11,12);;/q;;2*+1/p-2. The Labute approximate surface area is 196 Å². The van der Waals surface area contributed by atoms with Crippen molar-refractivity contribution in [2.45, 2.75) is 18.4 Å². The van der Waals surface area contributed by atoms with E-state index in [9.17, 15) is 34.2 Å². The van der Waals surface area contributed by atoms with Gasteiger partial charge < -0.3 is 40.2 Å². The average Bonchev–Trinajstić information content (AvgIpc) is 2.45. The van der Waals surface area contributed by atoms with Gasteiger partial charge in [0.05, 0.1) is 24.8 Å². The summed E-state index contributed by atoms with van der Waals surface area (Å²) in [6.07, 6.45) is -2.29. The third-order valence-electron chi connectivity index (χ3n) is 2.65. The topological polar surface area (TPSA) is 212 Å². The van der Waals surface area contributed by atoms with Gasteiger partial charge in [-0.15, -0.1) is 0 Å². The normalized spacial score (nSPS) is 9.37. The van der Waals surface area contributed by atoms with Gasteiger partial charge in [-0.1, -0.05) is 24.3 Å². The minimum atomic E-state index is -2.74. The molecule has 0 aromatic heterocycles. The predicted octanol–water partition coefficient (Wildman–Crippen LogP) is -8.83. The number of aromatic carboxylic acids is 2. The Morgan fingerprint density at radius 2 is 1.07 bits per heavy atom. The molecule has 0 unspecified atom stereocenters. The molecule has 0 saturated carbocycles. The van der Waals surface area contributed by atoms with E-state index in [2.05, 4.69) is 0 Å². The largest absolute Gasteiger partial charge is 1.00 e. The first-order valence-electron chi connectivity index (χ1n) is 6.31. The van der Waals surface area contributed by atoms with Crippen molar-refractivity contribution in [1.82, 2.24) is 0 Å². The van der Waals surface area contributed by atoms with Crippen LogP contribution in [-0.4, -0.2) is 55.9 Å². The van der Waals surface area contributed by atoms with Crippen molar-refractivity contribution in [1.29, 1.82) is 0 Å². The fraction of sp³-hybridized carbons (Fsp3) is 0.214. The molecular weight excluding hydrogens is 390 g/mol. The van der Waals surface area contributed by atoms with Crippen molar-refractivity contribution in [3.05, 3.63) is 35.4 Å². The van der Waals surface area contributed by atoms with Crippen molar-refractivity contribution in [3.8, 4) is 0 Å². The molecule has 11 nitrogen and oxygen atoms in total. The van der Waals surface area contributed by atoms with E-state index < -0.39 is 48.3 Å². The van der Waals surface area contributed by atoms with E-state index in [1.54, 1.807) is 0 Å². The maximum absolute atomic E-state index is 10.3. The van der Waals surface area contributed by atoms with Crippen LogP contribution in [-0.2, 0) is 14.4 Å². The number of hydrogen-bond acceptors (Lipinski definition) is 8. The summed E-state index contributed by atoms with van der Waals surface area (Å²) in [6, 6.07) is 5.14. The van der Waals surface area contributed by atoms with Crippen LogP contribution in [0.25, 0.3) is 0 Å². The minimum Gasteiger partial charge on any atom is -0.545 e. The monoisotopic (exact) mass is 402 g/mol. The molecule has 136 valence electrons. The van der Waals surface area contributed by atoms with E-state index in [0.29, 0.717) is 0 Å². The molecule has 1 aromatic carbocycles. The average molecular weight is 402 g/mol. The van der Waals surface area contributed by atoms with Crippen molar-refractivity contribution < 1.29 is 114 Å². The fourth-order valence-corrected chi connectivity index (χ4v) is 1.55. The molecule has 0 radical (unpaired) electrons. The summed E-state index contributed by atoms with van der Waals surface area (Å²) in [7, 11) is 0. The number of benzene rings is 1. The number of rotatable bonds is 7. The van der Waals surface area contributed by atoms with Gasteiger partial charge in [-0.25, -0.2) is 4.79 Å². The van der Waals surface area contributed by atoms with Crippen LogP contribution in [0.1, 0.15) is 33.6 Å². The second-order valence-electron chi connectivity index (χ2n) is 4.60. The van der Waals surface area contributed by atoms with E-state index in [1.807, 2.05) is 0 Å². The first-order chi connectivity index (χ1) is 11.4. The van der Waals surface area contributed by atoms with Crippen LogP contribution in [0.15, 0.2) is 24.3 Å². The Kier molecular flexibility index (Phi) is 15.3. The predicted molar refractivity (Wildman–Crippen MR) is 72.2 cm³/mol. The Morgan fingerprint density at radius 3 is 1.26 bits per heavy atom. The Hall–Kier alpha value is -1.47. The number of carbonyl (C=O) groups is 5. The third kappa shape index (κ3) is 11.1. The van der Waals surface area contributed by atoms with Crippen molar-refractivity contribution in [2.75, 3.05) is 0 Å². The van der Waals surface area contributed by atoms with Gasteiger partial charge in [0.1, 0.15) is 0 Å². The number of aliphatic hydroxyl groups is 1. The number of carbonyl (C=O) groups excluding carboxylic acids is 2. The van der Waals surface area contributed by atoms with Crippen molar-refractivity contribution in [3.63, 3.8) is 0 Å². The molecule has 0 atom stereocenters. The van der Waals surface area contributed by atoms with Gasteiger partial charge in [-0.2, -0.15) is 0 Å². The van der Waals surface area contributed by atoms with Gasteiger partial charge in [0.15, 0.2) is 5.60 Å². The molecule has 0 amide bonds. The molecule has 0 fully saturated rings. The summed E-state index contributed by atoms with van der Waals surface area (Å²) >= 11 is 0. The molecule has 0 bridgehead atoms. The number of carboxylic acids is 5. The van der Waals surface area contributed by atoms with Crippen LogP contribution in [0, 0.1) is 0 Å². The van der Waals surface area contributed by atoms with Gasteiger partial charge in [0.25, 0.3) is 0 Å². The van der Waals surface area contributed by atoms with E-state index in [0.717, 1.165) is 12.1 Å². The summed E-state index contributed by atoms with van der Waals surface area (Å²) in [5.41, 5.74) is -3.47. The molecule has 0 aliphatic heterocycles. The molecule has 0 aliphatic carbocycles. The minimum absolute atomic E-state index is 0. The maximum Gasteiger partial charge on any atom is 1.00 e. The molecule has 27 heavy (non-hydrogen) atoms. The molecule has 0 saturated heterocycles. The summed E-state index contributed by atoms with van der Waals surface area (Å²) in [5, 5.41) is 54.5. The number of aliphatic carboxylic acids is 3. The second-order valence-corrected chi connectivity index (χ2v) is 4.60. The van der Waals surface area contributed by atoms with Crippen LogP contribution in [0.5, 0.6) is 0 Å². The van der Waals surface area contributed by atoms with Crippen LogP contribution in [0.3, 0.4) is 0 Å². The first-order valence-corrected chi connectivity index (χ1v) is 6.31. The van der Waals surface area contributed by atoms with E-state index in [-0.39, 0.29) is 70.2 Å². The molecule has 0 spiro atoms. The summed E-state index contributed by atoms with van der Waals surface area (Å²) in [5.74, 6) is -8.06. The van der Waals surface area contributed by atoms with Crippen LogP contribution >= 0.6 is 0 Å². The van der Waals surface area contributed by atoms with Gasteiger partial charge >= 0.3 is 77.0 Å². The molecular formula is C14H12Na2O11. The molecule has 0 aliphatic rings. The quantitative estimate of drug-likeness (QED) is 0.314. The maximum atomic E-state index is 10.3. The number of carboxylic acid groups (broad SMARTS) is 5. The van der Waals surface area contributed by atoms with Crippen LogP contribution in [0.4, 0.5) is 0 Å². The summed E-state index contributed by atoms with van der Waals surface area (Å²) in [6.45, 7) is 0. The Balaban J connectivity index is -0.000000398. The smallest absolute Gasteiger partial charge is 0.545 e. The number of hydrogen-bond donors (Lipinski definition) is 4. The van der Waals surface area contributed by atoms with E-state index in [1.165, 1.54) is 12.1 Å². The van der Waals surface area contributed by atoms with Crippen LogP contribution in [0.2, 0.25) is 0 Å². The van der Waals surface area contributed by atoms with E-state index in [4.69, 9.17) is 20.4 Å². The Bertz CT molecular complexity index is 653. The van der Waals surface area contributed by atoms with Gasteiger partial charge in [0.2, 0.25) is 0 Å². The zero-order valence-electron chi connectivity index (χ0n) is 14.4. The second kappa shape index (κ2) is 13.7. The molecule has 0 heterocycles. The van der Waals surface area contributed by atoms with Crippen LogP contribution < -0.4 is 69.3 Å². The van der Waals surface area contributed by atoms with Gasteiger partial charge in [-0.05, 0) is 0 Å². The van der Waals surface area contributed by atoms with Gasteiger partial charge in [0, 0.05) is 11.1 Å². The third-order valence-corrected chi connectivity index (χ3v) is 2.65. The van der Waals surface area contributed by atoms with Crippen molar-refractivity contribution in [2.24, 2.45) is 0 Å². The zero-order chi connectivity index (χ0) is 19.8. The molecule has 13 heteroatoms. The zero-order valence-corrected chi connectivity index (χ0v) is 18.4. The SMILES string of the molecule is O=C(O)CC(O)(CC(=O)O)C(=O)O.O=C([O-])c1ccccc1C(=O)[O-].[Na+].[Na+]. The Morgan fingerprint density at radius 1 is 0.778 bits per heavy atom. The molecule has 1 rings (SSSR count). The summed E-state index contributed by atoms with van der Waals surface area (Å²) < 4.78 is 0. The van der Waals surface area contributed by atoms with Gasteiger partial charge in [-0.3, -0.25) is 9.59 Å². The first kappa shape index (κ1) is 30.3.